The van der Waals surface area contributed by atoms with Crippen molar-refractivity contribution in [1.82, 2.24) is 14.2 Å². The quantitative estimate of drug-likeness (QED) is 0.163. The van der Waals surface area contributed by atoms with E-state index in [4.69, 9.17) is 28.5 Å². The van der Waals surface area contributed by atoms with Gasteiger partial charge in [-0.05, 0) is 60.3 Å². The Morgan fingerprint density at radius 3 is 2.49 bits per heavy atom. The number of hydrogen-bond acceptors (Lipinski definition) is 11. The standard InChI is InChI=1S/C27H41N4O9P/c1-17(2)31(18(3)4)41(37-13-9-12-28)40-21-14-23(30-15-19(5)24(32)29-27(30)35)39-22(21)16-36-25(33)26(34)38-20-10-7-6-8-11-20/h15,17-18,20-23H,6-11,13-14,16H2,1-5H3,(H,29,32,35)/t21-,22+,23+,41?/m0/s1. The molecule has 0 radical (unpaired) electrons. The van der Waals surface area contributed by atoms with Gasteiger partial charge in [-0.1, -0.05) is 6.42 Å². The number of esters is 2. The van der Waals surface area contributed by atoms with E-state index in [-0.39, 0.29) is 44.2 Å². The average molecular weight is 597 g/mol. The predicted molar refractivity (Wildman–Crippen MR) is 149 cm³/mol. The minimum Gasteiger partial charge on any atom is -0.454 e. The van der Waals surface area contributed by atoms with Crippen molar-refractivity contribution in [2.75, 3.05) is 13.2 Å². The molecule has 13 nitrogen and oxygen atoms in total. The molecule has 41 heavy (non-hydrogen) atoms. The summed E-state index contributed by atoms with van der Waals surface area (Å²) in [4.78, 5) is 51.6. The van der Waals surface area contributed by atoms with Crippen LogP contribution in [0, 0.1) is 18.3 Å². The summed E-state index contributed by atoms with van der Waals surface area (Å²) in [6.07, 6.45) is 3.42. The lowest BCUT2D eigenvalue weighted by atomic mass is 9.98. The fraction of sp³-hybridized carbons (Fsp3) is 0.741. The Morgan fingerprint density at radius 1 is 1.17 bits per heavy atom. The molecule has 1 unspecified atom stereocenters. The van der Waals surface area contributed by atoms with Gasteiger partial charge in [0.1, 0.15) is 25.0 Å². The van der Waals surface area contributed by atoms with Crippen molar-refractivity contribution in [2.24, 2.45) is 0 Å². The molecule has 2 fully saturated rings. The van der Waals surface area contributed by atoms with Crippen LogP contribution in [0.25, 0.3) is 0 Å². The van der Waals surface area contributed by atoms with Crippen LogP contribution in [0.1, 0.15) is 84.4 Å². The van der Waals surface area contributed by atoms with Gasteiger partial charge in [-0.3, -0.25) is 14.3 Å². The van der Waals surface area contributed by atoms with Crippen LogP contribution >= 0.6 is 8.53 Å². The number of carbonyl (C=O) groups excluding carboxylic acids is 2. The summed E-state index contributed by atoms with van der Waals surface area (Å²) < 4.78 is 32.5. The summed E-state index contributed by atoms with van der Waals surface area (Å²) in [7, 11) is -1.68. The van der Waals surface area contributed by atoms with E-state index >= 15 is 0 Å². The summed E-state index contributed by atoms with van der Waals surface area (Å²) in [6, 6.07) is 2.14. The molecule has 14 heteroatoms. The number of carbonyl (C=O) groups is 2. The van der Waals surface area contributed by atoms with E-state index in [1.807, 2.05) is 32.4 Å². The van der Waals surface area contributed by atoms with Gasteiger partial charge in [0, 0.05) is 30.3 Å². The summed E-state index contributed by atoms with van der Waals surface area (Å²) in [5, 5.41) is 9.02. The van der Waals surface area contributed by atoms with E-state index in [9.17, 15) is 19.2 Å². The van der Waals surface area contributed by atoms with Crippen molar-refractivity contribution in [2.45, 2.75) is 116 Å². The maximum atomic E-state index is 12.6. The molecule has 2 aliphatic rings. The first-order chi connectivity index (χ1) is 19.5. The number of rotatable bonds is 12. The van der Waals surface area contributed by atoms with Crippen molar-refractivity contribution in [3.63, 3.8) is 0 Å². The minimum absolute atomic E-state index is 0.0385. The maximum Gasteiger partial charge on any atom is 0.417 e. The van der Waals surface area contributed by atoms with E-state index in [2.05, 4.69) is 11.1 Å². The van der Waals surface area contributed by atoms with Crippen LogP contribution in [0.15, 0.2) is 15.8 Å². The fourth-order valence-electron chi connectivity index (χ4n) is 4.94. The molecule has 1 saturated heterocycles. The molecule has 1 aliphatic carbocycles. The van der Waals surface area contributed by atoms with E-state index < -0.39 is 50.1 Å². The molecule has 0 amide bonds. The van der Waals surface area contributed by atoms with Crippen molar-refractivity contribution in [3.05, 3.63) is 32.6 Å². The van der Waals surface area contributed by atoms with Gasteiger partial charge in [0.2, 0.25) is 0 Å². The number of H-pyrrole nitrogens is 1. The normalized spacial score (nSPS) is 22.2. The zero-order chi connectivity index (χ0) is 30.1. The molecule has 1 saturated carbocycles. The predicted octanol–water partition coefficient (Wildman–Crippen LogP) is 3.21. The molecular formula is C27H41N4O9P. The van der Waals surface area contributed by atoms with Gasteiger partial charge < -0.3 is 23.3 Å². The van der Waals surface area contributed by atoms with Crippen LogP contribution in [0.2, 0.25) is 0 Å². The first kappa shape index (κ1) is 32.9. The second-order valence-electron chi connectivity index (χ2n) is 10.8. The van der Waals surface area contributed by atoms with Gasteiger partial charge in [0.15, 0.2) is 0 Å². The lowest BCUT2D eigenvalue weighted by Crippen LogP contribution is -2.37. The molecule has 2 heterocycles. The van der Waals surface area contributed by atoms with Gasteiger partial charge in [-0.2, -0.15) is 5.26 Å². The molecule has 1 N–H and O–H groups in total. The topological polar surface area (TPSA) is 162 Å². The molecule has 1 aromatic rings. The third-order valence-corrected chi connectivity index (χ3v) is 9.05. The molecule has 228 valence electrons. The summed E-state index contributed by atoms with van der Waals surface area (Å²) >= 11 is 0. The molecule has 4 atom stereocenters. The average Bonchev–Trinajstić information content (AvgIpc) is 3.31. The van der Waals surface area contributed by atoms with Gasteiger partial charge in [-0.15, -0.1) is 0 Å². The van der Waals surface area contributed by atoms with Crippen LogP contribution < -0.4 is 11.2 Å². The first-order valence-corrected chi connectivity index (χ1v) is 15.2. The number of aromatic nitrogens is 2. The van der Waals surface area contributed by atoms with Gasteiger partial charge >= 0.3 is 17.6 Å². The largest absolute Gasteiger partial charge is 0.454 e. The van der Waals surface area contributed by atoms with Gasteiger partial charge in [0.05, 0.1) is 25.2 Å². The third kappa shape index (κ3) is 9.18. The Balaban J connectivity index is 1.79. The highest BCUT2D eigenvalue weighted by Gasteiger charge is 2.42. The number of hydrogen-bond donors (Lipinski definition) is 1. The number of aryl methyl sites for hydroxylation is 1. The van der Waals surface area contributed by atoms with E-state index in [1.54, 1.807) is 6.92 Å². The highest BCUT2D eigenvalue weighted by atomic mass is 31.2. The number of aromatic amines is 1. The van der Waals surface area contributed by atoms with Crippen LogP contribution in [0.5, 0.6) is 0 Å². The maximum absolute atomic E-state index is 12.6. The second kappa shape index (κ2) is 15.6. The summed E-state index contributed by atoms with van der Waals surface area (Å²) in [5.74, 6) is -2.18. The van der Waals surface area contributed by atoms with Crippen molar-refractivity contribution in [3.8, 4) is 6.07 Å². The Hall–Kier alpha value is -2.62. The molecule has 0 aromatic carbocycles. The number of nitrogens with zero attached hydrogens (tertiary/aromatic N) is 3. The van der Waals surface area contributed by atoms with Crippen molar-refractivity contribution in [1.29, 1.82) is 5.26 Å². The number of nitriles is 1. The molecule has 0 bridgehead atoms. The van der Waals surface area contributed by atoms with E-state index in [1.165, 1.54) is 10.8 Å². The summed E-state index contributed by atoms with van der Waals surface area (Å²) in [5.41, 5.74) is -0.839. The van der Waals surface area contributed by atoms with Gasteiger partial charge in [-0.25, -0.2) is 19.1 Å². The Kier molecular flexibility index (Phi) is 12.5. The number of ether oxygens (including phenoxy) is 3. The third-order valence-electron chi connectivity index (χ3n) is 6.90. The summed E-state index contributed by atoms with van der Waals surface area (Å²) in [6.45, 7) is 9.39. The second-order valence-corrected chi connectivity index (χ2v) is 12.2. The smallest absolute Gasteiger partial charge is 0.417 e. The van der Waals surface area contributed by atoms with E-state index in [0.29, 0.717) is 18.4 Å². The first-order valence-electron chi connectivity index (χ1n) is 14.1. The van der Waals surface area contributed by atoms with Crippen LogP contribution in [-0.2, 0) is 32.8 Å². The van der Waals surface area contributed by atoms with Crippen molar-refractivity contribution >= 4 is 20.5 Å². The molecule has 1 aromatic heterocycles. The fourth-order valence-corrected chi connectivity index (χ4v) is 6.70. The molecule has 3 rings (SSSR count). The van der Waals surface area contributed by atoms with Crippen LogP contribution in [-0.4, -0.2) is 69.8 Å². The van der Waals surface area contributed by atoms with Crippen molar-refractivity contribution < 1.29 is 32.8 Å². The lowest BCUT2D eigenvalue weighted by Gasteiger charge is -2.37. The Labute approximate surface area is 241 Å². The lowest BCUT2D eigenvalue weighted by molar-refractivity contribution is -0.174. The molecular weight excluding hydrogens is 555 g/mol. The minimum atomic E-state index is -1.68. The number of nitrogens with one attached hydrogen (secondary N) is 1. The van der Waals surface area contributed by atoms with Crippen LogP contribution in [0.4, 0.5) is 0 Å². The highest BCUT2D eigenvalue weighted by Crippen LogP contribution is 2.49. The Bertz CT molecular complexity index is 1180. The zero-order valence-electron chi connectivity index (χ0n) is 24.4. The Morgan fingerprint density at radius 2 is 1.85 bits per heavy atom. The zero-order valence-corrected chi connectivity index (χ0v) is 25.3. The monoisotopic (exact) mass is 596 g/mol. The SMILES string of the molecule is Cc1cn([C@H]2C[C@H](OP(OCCC#N)N(C(C)C)C(C)C)[C@@H](COC(=O)C(=O)OC3CCCCC3)O2)c(=O)[nH]c1=O. The molecule has 0 spiro atoms. The highest BCUT2D eigenvalue weighted by molar-refractivity contribution is 7.44. The van der Waals surface area contributed by atoms with Crippen LogP contribution in [0.3, 0.4) is 0 Å². The van der Waals surface area contributed by atoms with Gasteiger partial charge in [0.25, 0.3) is 14.1 Å². The molecule has 1 aliphatic heterocycles. The van der Waals surface area contributed by atoms with E-state index in [0.717, 1.165) is 19.3 Å².